The Bertz CT molecular complexity index is 460. The lowest BCUT2D eigenvalue weighted by molar-refractivity contribution is -0.137. The molecule has 4 heteroatoms. The summed E-state index contributed by atoms with van der Waals surface area (Å²) >= 11 is 0. The van der Waals surface area contributed by atoms with Crippen LogP contribution in [-0.2, 0) is 9.59 Å². The van der Waals surface area contributed by atoms with E-state index in [0.717, 1.165) is 38.1 Å². The van der Waals surface area contributed by atoms with Gasteiger partial charge in [-0.1, -0.05) is 122 Å². The van der Waals surface area contributed by atoms with Gasteiger partial charge in [0, 0.05) is 19.4 Å². The largest absolute Gasteiger partial charge is 0.481 e. The molecule has 0 aromatic rings. The van der Waals surface area contributed by atoms with E-state index in [-0.39, 0.29) is 5.91 Å². The van der Waals surface area contributed by atoms with Crippen LogP contribution in [0.4, 0.5) is 0 Å². The van der Waals surface area contributed by atoms with Crippen molar-refractivity contribution in [2.75, 3.05) is 6.54 Å². The van der Waals surface area contributed by atoms with Crippen LogP contribution in [0.5, 0.6) is 0 Å². The van der Waals surface area contributed by atoms with Crippen LogP contribution in [0.2, 0.25) is 0 Å². The van der Waals surface area contributed by atoms with E-state index >= 15 is 0 Å². The number of carbonyl (C=O) groups is 2. The molecule has 1 rings (SSSR count). The maximum Gasteiger partial charge on any atom is 0.303 e. The third-order valence-corrected chi connectivity index (χ3v) is 7.36. The summed E-state index contributed by atoms with van der Waals surface area (Å²) < 4.78 is 0. The highest BCUT2D eigenvalue weighted by molar-refractivity contribution is 5.75. The maximum absolute atomic E-state index is 12.0. The number of aliphatic carboxylic acids is 1. The highest BCUT2D eigenvalue weighted by Gasteiger charge is 2.13. The van der Waals surface area contributed by atoms with Crippen molar-refractivity contribution in [1.82, 2.24) is 5.32 Å². The number of carbonyl (C=O) groups excluding carboxylic acids is 1. The lowest BCUT2D eigenvalue weighted by atomic mass is 9.89. The average molecular weight is 466 g/mol. The maximum atomic E-state index is 12.0. The summed E-state index contributed by atoms with van der Waals surface area (Å²) in [5.41, 5.74) is 0. The third kappa shape index (κ3) is 21.2. The molecule has 0 bridgehead atoms. The molecule has 0 aromatic heterocycles. The van der Waals surface area contributed by atoms with Crippen LogP contribution < -0.4 is 5.32 Å². The Morgan fingerprint density at radius 2 is 0.909 bits per heavy atom. The summed E-state index contributed by atoms with van der Waals surface area (Å²) in [6.45, 7) is 0.913. The number of amides is 1. The van der Waals surface area contributed by atoms with Gasteiger partial charge in [-0.2, -0.15) is 0 Å². The van der Waals surface area contributed by atoms with E-state index in [1.54, 1.807) is 0 Å². The van der Waals surface area contributed by atoms with Crippen LogP contribution in [0.1, 0.15) is 161 Å². The summed E-state index contributed by atoms with van der Waals surface area (Å²) in [5, 5.41) is 11.8. The minimum Gasteiger partial charge on any atom is -0.481 e. The van der Waals surface area contributed by atoms with Crippen molar-refractivity contribution >= 4 is 11.9 Å². The first-order valence-electron chi connectivity index (χ1n) is 14.7. The molecule has 0 atom stereocenters. The zero-order chi connectivity index (χ0) is 23.8. The van der Waals surface area contributed by atoms with E-state index in [2.05, 4.69) is 5.32 Å². The van der Waals surface area contributed by atoms with Crippen molar-refractivity contribution in [3.63, 3.8) is 0 Å². The van der Waals surface area contributed by atoms with Gasteiger partial charge in [-0.3, -0.25) is 9.59 Å². The van der Waals surface area contributed by atoms with Gasteiger partial charge >= 0.3 is 5.97 Å². The molecular formula is C29H55NO3. The molecule has 194 valence electrons. The van der Waals surface area contributed by atoms with Crippen molar-refractivity contribution in [3.05, 3.63) is 0 Å². The van der Waals surface area contributed by atoms with Gasteiger partial charge in [-0.15, -0.1) is 0 Å². The number of carboxylic acids is 1. The molecular weight excluding hydrogens is 410 g/mol. The van der Waals surface area contributed by atoms with Gasteiger partial charge in [0.2, 0.25) is 5.91 Å². The molecule has 1 aliphatic rings. The lowest BCUT2D eigenvalue weighted by Crippen LogP contribution is -2.29. The van der Waals surface area contributed by atoms with Crippen LogP contribution in [-0.4, -0.2) is 23.5 Å². The van der Waals surface area contributed by atoms with Gasteiger partial charge in [-0.05, 0) is 31.6 Å². The fourth-order valence-electron chi connectivity index (χ4n) is 5.13. The van der Waals surface area contributed by atoms with Gasteiger partial charge in [0.05, 0.1) is 0 Å². The van der Waals surface area contributed by atoms with E-state index in [9.17, 15) is 9.59 Å². The summed E-state index contributed by atoms with van der Waals surface area (Å²) in [5.74, 6) is 0.350. The number of nitrogens with one attached hydrogen (secondary N) is 1. The van der Waals surface area contributed by atoms with Crippen LogP contribution in [0, 0.1) is 5.92 Å². The Balaban J connectivity index is 1.69. The molecule has 0 radical (unpaired) electrons. The fraction of sp³-hybridized carbons (Fsp3) is 0.931. The Labute approximate surface area is 205 Å². The highest BCUT2D eigenvalue weighted by atomic mass is 16.4. The second kappa shape index (κ2) is 22.7. The first-order chi connectivity index (χ1) is 16.2. The molecule has 4 nitrogen and oxygen atoms in total. The summed E-state index contributed by atoms with van der Waals surface area (Å²) in [6, 6.07) is 0. The van der Waals surface area contributed by atoms with Crippen molar-refractivity contribution in [2.24, 2.45) is 5.92 Å². The molecule has 0 heterocycles. The number of hydrogen-bond donors (Lipinski definition) is 2. The lowest BCUT2D eigenvalue weighted by Gasteiger charge is -2.21. The van der Waals surface area contributed by atoms with E-state index in [0.29, 0.717) is 6.42 Å². The monoisotopic (exact) mass is 465 g/mol. The SMILES string of the molecule is O=C(O)CCCCCCCCCCCCCCCCCCCCC(=O)NCC1CCCCC1. The Kier molecular flexibility index (Phi) is 20.6. The molecule has 33 heavy (non-hydrogen) atoms. The number of rotatable bonds is 23. The molecule has 0 saturated heterocycles. The number of carboxylic acid groups (broad SMARTS) is 1. The standard InChI is InChI=1S/C29H55NO3/c31-28(30-26-27-22-18-17-19-23-27)24-20-15-13-11-9-7-5-3-1-2-4-6-8-10-12-14-16-21-25-29(32)33/h27H,1-26H2,(H,30,31)(H,32,33). The van der Waals surface area contributed by atoms with E-state index < -0.39 is 5.97 Å². The van der Waals surface area contributed by atoms with Crippen molar-refractivity contribution in [2.45, 2.75) is 161 Å². The van der Waals surface area contributed by atoms with E-state index in [4.69, 9.17) is 5.11 Å². The second-order valence-electron chi connectivity index (χ2n) is 10.6. The van der Waals surface area contributed by atoms with Crippen LogP contribution in [0.3, 0.4) is 0 Å². The van der Waals surface area contributed by atoms with Gasteiger partial charge in [-0.25, -0.2) is 0 Å². The van der Waals surface area contributed by atoms with Crippen molar-refractivity contribution in [1.29, 1.82) is 0 Å². The van der Waals surface area contributed by atoms with Gasteiger partial charge in [0.15, 0.2) is 0 Å². The smallest absolute Gasteiger partial charge is 0.303 e. The Hall–Kier alpha value is -1.06. The normalized spacial score (nSPS) is 14.4. The first kappa shape index (κ1) is 30.0. The number of hydrogen-bond acceptors (Lipinski definition) is 2. The summed E-state index contributed by atoms with van der Waals surface area (Å²) in [7, 11) is 0. The van der Waals surface area contributed by atoms with E-state index in [1.165, 1.54) is 128 Å². The van der Waals surface area contributed by atoms with Gasteiger partial charge in [0.25, 0.3) is 0 Å². The quantitative estimate of drug-likeness (QED) is 0.148. The third-order valence-electron chi connectivity index (χ3n) is 7.36. The van der Waals surface area contributed by atoms with Crippen LogP contribution in [0.25, 0.3) is 0 Å². The molecule has 0 aromatic carbocycles. The van der Waals surface area contributed by atoms with Gasteiger partial charge < -0.3 is 10.4 Å². The van der Waals surface area contributed by atoms with Crippen LogP contribution in [0.15, 0.2) is 0 Å². The molecule has 1 fully saturated rings. The second-order valence-corrected chi connectivity index (χ2v) is 10.6. The minimum absolute atomic E-state index is 0.272. The molecule has 1 amide bonds. The topological polar surface area (TPSA) is 66.4 Å². The average Bonchev–Trinajstić information content (AvgIpc) is 2.82. The molecule has 1 saturated carbocycles. The molecule has 0 unspecified atom stereocenters. The fourth-order valence-corrected chi connectivity index (χ4v) is 5.13. The first-order valence-corrected chi connectivity index (χ1v) is 14.7. The summed E-state index contributed by atoms with van der Waals surface area (Å²) in [6.07, 6.45) is 30.7. The van der Waals surface area contributed by atoms with Crippen molar-refractivity contribution in [3.8, 4) is 0 Å². The summed E-state index contributed by atoms with van der Waals surface area (Å²) in [4.78, 5) is 22.4. The molecule has 0 spiro atoms. The van der Waals surface area contributed by atoms with Gasteiger partial charge in [0.1, 0.15) is 0 Å². The van der Waals surface area contributed by atoms with E-state index in [1.807, 2.05) is 0 Å². The molecule has 0 aliphatic heterocycles. The molecule has 2 N–H and O–H groups in total. The number of unbranched alkanes of at least 4 members (excludes halogenated alkanes) is 17. The predicted molar refractivity (Wildman–Crippen MR) is 140 cm³/mol. The zero-order valence-corrected chi connectivity index (χ0v) is 21.7. The Morgan fingerprint density at radius 3 is 1.30 bits per heavy atom. The minimum atomic E-state index is -0.660. The predicted octanol–water partition coefficient (Wildman–Crippen LogP) is 8.57. The Morgan fingerprint density at radius 1 is 0.545 bits per heavy atom. The highest BCUT2D eigenvalue weighted by Crippen LogP contribution is 2.22. The molecule has 1 aliphatic carbocycles. The van der Waals surface area contributed by atoms with Crippen molar-refractivity contribution < 1.29 is 14.7 Å². The zero-order valence-electron chi connectivity index (χ0n) is 21.7. The van der Waals surface area contributed by atoms with Crippen LogP contribution >= 0.6 is 0 Å².